The van der Waals surface area contributed by atoms with Crippen LogP contribution in [0.25, 0.3) is 11.1 Å². The van der Waals surface area contributed by atoms with Gasteiger partial charge in [-0.05, 0) is 32.8 Å². The monoisotopic (exact) mass is 372 g/mol. The summed E-state index contributed by atoms with van der Waals surface area (Å²) in [7, 11) is 0. The molecule has 0 bridgehead atoms. The Labute approximate surface area is 157 Å². The fourth-order valence-electron chi connectivity index (χ4n) is 3.93. The number of likely N-dealkylation sites (tertiary alicyclic amines) is 1. The van der Waals surface area contributed by atoms with Gasteiger partial charge in [-0.25, -0.2) is 4.98 Å². The summed E-state index contributed by atoms with van der Waals surface area (Å²) in [5.41, 5.74) is 2.23. The van der Waals surface area contributed by atoms with E-state index in [0.717, 1.165) is 25.9 Å². The smallest absolute Gasteiger partial charge is 0.258 e. The molecule has 0 spiro atoms. The Kier molecular flexibility index (Phi) is 4.82. The van der Waals surface area contributed by atoms with Crippen molar-refractivity contribution >= 4 is 22.9 Å². The van der Waals surface area contributed by atoms with Gasteiger partial charge in [-0.1, -0.05) is 5.16 Å². The zero-order chi connectivity index (χ0) is 19.0. The van der Waals surface area contributed by atoms with Gasteiger partial charge in [-0.2, -0.15) is 0 Å². The van der Waals surface area contributed by atoms with Crippen LogP contribution in [0.2, 0.25) is 0 Å². The molecular formula is C19H24N4O4. The highest BCUT2D eigenvalue weighted by atomic mass is 16.5. The van der Waals surface area contributed by atoms with Crippen molar-refractivity contribution in [2.24, 2.45) is 0 Å². The Bertz CT molecular complexity index is 872. The number of morpholine rings is 1. The predicted octanol–water partition coefficient (Wildman–Crippen LogP) is 1.69. The summed E-state index contributed by atoms with van der Waals surface area (Å²) in [5, 5.41) is 4.59. The summed E-state index contributed by atoms with van der Waals surface area (Å²) < 4.78 is 10.8. The molecule has 0 saturated carbocycles. The fraction of sp³-hybridized carbons (Fsp3) is 0.579. The van der Waals surface area contributed by atoms with E-state index in [1.807, 2.05) is 11.8 Å². The molecule has 2 aromatic rings. The number of pyridine rings is 1. The minimum Gasteiger partial charge on any atom is -0.377 e. The highest BCUT2D eigenvalue weighted by molar-refractivity contribution is 6.06. The third-order valence-electron chi connectivity index (χ3n) is 5.33. The van der Waals surface area contributed by atoms with Crippen LogP contribution in [0.3, 0.4) is 0 Å². The number of hydrogen-bond acceptors (Lipinski definition) is 6. The zero-order valence-electron chi connectivity index (χ0n) is 15.7. The number of ether oxygens (including phenoxy) is 1. The largest absolute Gasteiger partial charge is 0.377 e. The number of aromatic nitrogens is 2. The van der Waals surface area contributed by atoms with Crippen molar-refractivity contribution in [1.29, 1.82) is 0 Å². The average Bonchev–Trinajstić information content (AvgIpc) is 3.31. The molecule has 2 aliphatic rings. The Balaban J connectivity index is 1.61. The Morgan fingerprint density at radius 3 is 2.78 bits per heavy atom. The summed E-state index contributed by atoms with van der Waals surface area (Å²) in [6.07, 6.45) is 2.40. The molecule has 1 atom stereocenters. The van der Waals surface area contributed by atoms with E-state index in [4.69, 9.17) is 9.26 Å². The molecule has 8 heteroatoms. The molecule has 4 heterocycles. The standard InChI is InChI=1S/C19H24N4O4/c1-12-9-15(17-13(2)21-27-18(17)20-12)19(25)23-7-8-26-11-14(23)10-16(24)22-5-3-4-6-22/h9,14H,3-8,10-11H2,1-2H3/t14-/m1/s1. The first kappa shape index (κ1) is 17.9. The van der Waals surface area contributed by atoms with Crippen LogP contribution in [0, 0.1) is 13.8 Å². The second kappa shape index (κ2) is 7.26. The number of aryl methyl sites for hydroxylation is 2. The van der Waals surface area contributed by atoms with E-state index in [9.17, 15) is 9.59 Å². The number of carbonyl (C=O) groups is 2. The lowest BCUT2D eigenvalue weighted by Gasteiger charge is -2.36. The summed E-state index contributed by atoms with van der Waals surface area (Å²) >= 11 is 0. The molecular weight excluding hydrogens is 348 g/mol. The molecule has 4 rings (SSSR count). The maximum absolute atomic E-state index is 13.4. The number of nitrogens with zero attached hydrogens (tertiary/aromatic N) is 4. The maximum Gasteiger partial charge on any atom is 0.258 e. The quantitative estimate of drug-likeness (QED) is 0.815. The number of rotatable bonds is 3. The van der Waals surface area contributed by atoms with Gasteiger partial charge >= 0.3 is 0 Å². The summed E-state index contributed by atoms with van der Waals surface area (Å²) in [6, 6.07) is 1.51. The van der Waals surface area contributed by atoms with E-state index in [1.165, 1.54) is 0 Å². The lowest BCUT2D eigenvalue weighted by atomic mass is 10.1. The van der Waals surface area contributed by atoms with Gasteiger partial charge in [0.1, 0.15) is 0 Å². The number of fused-ring (bicyclic) bond motifs is 1. The molecule has 0 radical (unpaired) electrons. The van der Waals surface area contributed by atoms with E-state index in [0.29, 0.717) is 54.2 Å². The van der Waals surface area contributed by atoms with Crippen molar-refractivity contribution in [3.05, 3.63) is 23.0 Å². The van der Waals surface area contributed by atoms with Gasteiger partial charge in [-0.15, -0.1) is 0 Å². The van der Waals surface area contributed by atoms with Gasteiger partial charge in [0, 0.05) is 31.7 Å². The number of carbonyl (C=O) groups excluding carboxylic acids is 2. The molecule has 27 heavy (non-hydrogen) atoms. The highest BCUT2D eigenvalue weighted by Gasteiger charge is 2.33. The van der Waals surface area contributed by atoms with Gasteiger partial charge in [0.25, 0.3) is 11.6 Å². The molecule has 2 aliphatic heterocycles. The molecule has 0 aromatic carbocycles. The minimum atomic E-state index is -0.261. The van der Waals surface area contributed by atoms with E-state index < -0.39 is 0 Å². The lowest BCUT2D eigenvalue weighted by Crippen LogP contribution is -2.50. The molecule has 0 unspecified atom stereocenters. The fourth-order valence-corrected chi connectivity index (χ4v) is 3.93. The van der Waals surface area contributed by atoms with E-state index in [2.05, 4.69) is 10.1 Å². The molecule has 2 fully saturated rings. The van der Waals surface area contributed by atoms with Crippen LogP contribution in [0.5, 0.6) is 0 Å². The van der Waals surface area contributed by atoms with Crippen LogP contribution in [0.4, 0.5) is 0 Å². The first-order valence-corrected chi connectivity index (χ1v) is 9.44. The summed E-state index contributed by atoms with van der Waals surface area (Å²) in [6.45, 7) is 6.55. The first-order chi connectivity index (χ1) is 13.0. The van der Waals surface area contributed by atoms with Crippen LogP contribution in [0.1, 0.15) is 41.0 Å². The maximum atomic E-state index is 13.4. The van der Waals surface area contributed by atoms with Crippen LogP contribution in [-0.2, 0) is 9.53 Å². The first-order valence-electron chi connectivity index (χ1n) is 9.44. The van der Waals surface area contributed by atoms with Crippen molar-refractivity contribution in [2.75, 3.05) is 32.8 Å². The normalized spacial score (nSPS) is 20.4. The Morgan fingerprint density at radius 1 is 1.22 bits per heavy atom. The molecule has 144 valence electrons. The third kappa shape index (κ3) is 3.41. The van der Waals surface area contributed by atoms with E-state index >= 15 is 0 Å². The predicted molar refractivity (Wildman–Crippen MR) is 97.4 cm³/mol. The van der Waals surface area contributed by atoms with Gasteiger partial charge in [0.05, 0.1) is 35.9 Å². The molecule has 8 nitrogen and oxygen atoms in total. The summed E-state index contributed by atoms with van der Waals surface area (Å²) in [4.78, 5) is 33.9. The molecule has 2 aromatic heterocycles. The van der Waals surface area contributed by atoms with Crippen LogP contribution < -0.4 is 0 Å². The van der Waals surface area contributed by atoms with Crippen LogP contribution >= 0.6 is 0 Å². The third-order valence-corrected chi connectivity index (χ3v) is 5.33. The van der Waals surface area contributed by atoms with Crippen molar-refractivity contribution in [1.82, 2.24) is 19.9 Å². The second-order valence-electron chi connectivity index (χ2n) is 7.28. The summed E-state index contributed by atoms with van der Waals surface area (Å²) in [5.74, 6) is -0.0302. The molecule has 0 N–H and O–H groups in total. The second-order valence-corrected chi connectivity index (χ2v) is 7.28. The van der Waals surface area contributed by atoms with Gasteiger partial charge in [0.15, 0.2) is 0 Å². The SMILES string of the molecule is Cc1cc(C(=O)N2CCOC[C@H]2CC(=O)N2CCCC2)c2c(C)noc2n1. The molecule has 0 aliphatic carbocycles. The average molecular weight is 372 g/mol. The Morgan fingerprint density at radius 2 is 2.00 bits per heavy atom. The number of amides is 2. The van der Waals surface area contributed by atoms with Gasteiger partial charge < -0.3 is 19.1 Å². The Hall–Kier alpha value is -2.48. The topological polar surface area (TPSA) is 88.8 Å². The van der Waals surface area contributed by atoms with Crippen molar-refractivity contribution in [3.63, 3.8) is 0 Å². The molecule has 2 saturated heterocycles. The zero-order valence-corrected chi connectivity index (χ0v) is 15.7. The van der Waals surface area contributed by atoms with Crippen molar-refractivity contribution < 1.29 is 18.8 Å². The van der Waals surface area contributed by atoms with Crippen LogP contribution in [-0.4, -0.2) is 70.6 Å². The molecule has 2 amide bonds. The minimum absolute atomic E-state index is 0.0954. The highest BCUT2D eigenvalue weighted by Crippen LogP contribution is 2.25. The van der Waals surface area contributed by atoms with E-state index in [1.54, 1.807) is 17.9 Å². The van der Waals surface area contributed by atoms with Crippen molar-refractivity contribution in [2.45, 2.75) is 39.2 Å². The van der Waals surface area contributed by atoms with Gasteiger partial charge in [-0.3, -0.25) is 9.59 Å². The lowest BCUT2D eigenvalue weighted by molar-refractivity contribution is -0.132. The number of hydrogen-bond donors (Lipinski definition) is 0. The van der Waals surface area contributed by atoms with E-state index in [-0.39, 0.29) is 17.9 Å². The van der Waals surface area contributed by atoms with Crippen molar-refractivity contribution in [3.8, 4) is 0 Å². The van der Waals surface area contributed by atoms with Gasteiger partial charge in [0.2, 0.25) is 5.91 Å². The van der Waals surface area contributed by atoms with Crippen LogP contribution in [0.15, 0.2) is 10.6 Å².